The largest absolute Gasteiger partial charge is 0.494 e. The summed E-state index contributed by atoms with van der Waals surface area (Å²) in [5.74, 6) is 0.164. The lowest BCUT2D eigenvalue weighted by Crippen LogP contribution is -2.52. The second kappa shape index (κ2) is 9.75. The molecule has 4 N–H and O–H groups in total. The molecule has 2 heterocycles. The summed E-state index contributed by atoms with van der Waals surface area (Å²) >= 11 is 0. The first kappa shape index (κ1) is 25.4. The molecule has 0 radical (unpaired) electrons. The Labute approximate surface area is 203 Å². The number of ketones is 2. The third kappa shape index (κ3) is 4.59. The van der Waals surface area contributed by atoms with E-state index in [9.17, 15) is 14.7 Å². The molecule has 1 saturated carbocycles. The zero-order chi connectivity index (χ0) is 24.8. The van der Waals surface area contributed by atoms with Crippen molar-refractivity contribution in [3.8, 4) is 0 Å². The zero-order valence-corrected chi connectivity index (χ0v) is 21.3. The number of allylic oxidation sites excluding steroid dienone is 2. The van der Waals surface area contributed by atoms with Crippen LogP contribution in [0, 0.1) is 29.1 Å². The van der Waals surface area contributed by atoms with Gasteiger partial charge in [0.15, 0.2) is 23.7 Å². The second-order valence-electron chi connectivity index (χ2n) is 11.5. The lowest BCUT2D eigenvalue weighted by Gasteiger charge is -2.52. The number of nitrogens with two attached hydrogens (primary N) is 1. The maximum atomic E-state index is 14.1. The number of fused-ring (bicyclic) bond motifs is 1. The van der Waals surface area contributed by atoms with Crippen molar-refractivity contribution in [2.75, 3.05) is 6.54 Å². The summed E-state index contributed by atoms with van der Waals surface area (Å²) in [7, 11) is 0. The Morgan fingerprint density at radius 3 is 2.71 bits per heavy atom. The molecule has 0 aromatic carbocycles. The maximum absolute atomic E-state index is 14.1. The van der Waals surface area contributed by atoms with Gasteiger partial charge in [0.2, 0.25) is 0 Å². The minimum Gasteiger partial charge on any atom is -0.494 e. The van der Waals surface area contributed by atoms with Crippen molar-refractivity contribution in [3.05, 3.63) is 23.1 Å². The molecule has 2 aliphatic carbocycles. The molecule has 0 amide bonds. The first-order chi connectivity index (χ1) is 16.0. The van der Waals surface area contributed by atoms with Crippen molar-refractivity contribution in [1.82, 2.24) is 5.32 Å². The van der Waals surface area contributed by atoms with Gasteiger partial charge in [0.05, 0.1) is 18.8 Å². The van der Waals surface area contributed by atoms with Crippen LogP contribution in [0.3, 0.4) is 0 Å². The van der Waals surface area contributed by atoms with Gasteiger partial charge < -0.3 is 25.6 Å². The zero-order valence-electron chi connectivity index (χ0n) is 21.3. The van der Waals surface area contributed by atoms with Crippen molar-refractivity contribution in [2.24, 2.45) is 34.8 Å². The summed E-state index contributed by atoms with van der Waals surface area (Å²) in [5.41, 5.74) is 6.43. The van der Waals surface area contributed by atoms with Crippen LogP contribution < -0.4 is 11.1 Å². The summed E-state index contributed by atoms with van der Waals surface area (Å²) in [4.78, 5) is 26.7. The van der Waals surface area contributed by atoms with Gasteiger partial charge in [-0.3, -0.25) is 9.59 Å². The number of hydrogen-bond donors (Lipinski definition) is 3. The number of nitrogens with one attached hydrogen (secondary N) is 1. The van der Waals surface area contributed by atoms with Gasteiger partial charge in [-0.25, -0.2) is 0 Å². The van der Waals surface area contributed by atoms with Crippen LogP contribution in [-0.4, -0.2) is 47.8 Å². The lowest BCUT2D eigenvalue weighted by atomic mass is 9.50. The van der Waals surface area contributed by atoms with Crippen molar-refractivity contribution >= 4 is 11.6 Å². The summed E-state index contributed by atoms with van der Waals surface area (Å²) in [5, 5.41) is 13.0. The minimum absolute atomic E-state index is 0.0214. The Hall–Kier alpha value is -1.70. The van der Waals surface area contributed by atoms with E-state index in [1.54, 1.807) is 0 Å². The van der Waals surface area contributed by atoms with Crippen LogP contribution in [0.1, 0.15) is 73.1 Å². The van der Waals surface area contributed by atoms with Gasteiger partial charge in [-0.05, 0) is 76.5 Å². The number of ether oxygens (including phenoxy) is 2. The molecule has 190 valence electrons. The van der Waals surface area contributed by atoms with Crippen molar-refractivity contribution in [1.29, 1.82) is 0 Å². The standard InChI is InChI=1S/C27H42N2O5/c1-14-6-7-19-18(10-14)11-15(2)20(12-16(3)33-23-9-8-21(28)17(4)34-23)27(19,5)25(31)24-22(30)13-29-26(24)32/h11,14,16-21,23,29,32H,6-10,12-13,28H2,1-5H3. The Balaban J connectivity index is 1.62. The molecule has 0 bridgehead atoms. The van der Waals surface area contributed by atoms with Gasteiger partial charge in [0.25, 0.3) is 0 Å². The van der Waals surface area contributed by atoms with E-state index in [0.717, 1.165) is 32.1 Å². The highest BCUT2D eigenvalue weighted by atomic mass is 16.7. The van der Waals surface area contributed by atoms with E-state index < -0.39 is 5.41 Å². The van der Waals surface area contributed by atoms with E-state index in [2.05, 4.69) is 25.2 Å². The van der Waals surface area contributed by atoms with Gasteiger partial charge in [-0.2, -0.15) is 0 Å². The van der Waals surface area contributed by atoms with Crippen LogP contribution in [0.4, 0.5) is 0 Å². The molecule has 9 unspecified atom stereocenters. The minimum atomic E-state index is -0.782. The number of hydrogen-bond acceptors (Lipinski definition) is 7. The fourth-order valence-corrected chi connectivity index (χ4v) is 6.99. The first-order valence-electron chi connectivity index (χ1n) is 13.0. The molecule has 7 heteroatoms. The quantitative estimate of drug-likeness (QED) is 0.397. The molecular weight excluding hydrogens is 432 g/mol. The monoisotopic (exact) mass is 474 g/mol. The number of carbonyl (C=O) groups excluding carboxylic acids is 2. The number of rotatable bonds is 6. The van der Waals surface area contributed by atoms with E-state index in [-0.39, 0.29) is 65.9 Å². The third-order valence-electron chi connectivity index (χ3n) is 8.99. The molecule has 4 aliphatic rings. The van der Waals surface area contributed by atoms with Gasteiger partial charge in [-0.1, -0.05) is 31.9 Å². The van der Waals surface area contributed by atoms with Crippen LogP contribution >= 0.6 is 0 Å². The smallest absolute Gasteiger partial charge is 0.199 e. The molecule has 9 atom stereocenters. The molecule has 4 rings (SSSR count). The summed E-state index contributed by atoms with van der Waals surface area (Å²) in [6, 6.07) is 0.0312. The molecule has 2 fully saturated rings. The fraction of sp³-hybridized carbons (Fsp3) is 0.778. The van der Waals surface area contributed by atoms with E-state index in [0.29, 0.717) is 18.3 Å². The molecule has 0 aromatic heterocycles. The van der Waals surface area contributed by atoms with Gasteiger partial charge in [0, 0.05) is 11.5 Å². The van der Waals surface area contributed by atoms with E-state index >= 15 is 0 Å². The Kier molecular flexibility index (Phi) is 7.28. The SMILES string of the molecule is CC1=CC2CC(C)CCC2C(C)(C(=O)C2=C(O)NCC2=O)C1CC(C)OC1CCC(N)C(C)O1. The average molecular weight is 475 g/mol. The van der Waals surface area contributed by atoms with Crippen molar-refractivity contribution < 1.29 is 24.2 Å². The average Bonchev–Trinajstić information content (AvgIpc) is 3.10. The molecular formula is C27H42N2O5. The summed E-state index contributed by atoms with van der Waals surface area (Å²) < 4.78 is 12.3. The molecule has 1 saturated heterocycles. The highest BCUT2D eigenvalue weighted by Gasteiger charge is 2.56. The highest BCUT2D eigenvalue weighted by Crippen LogP contribution is 2.56. The fourth-order valence-electron chi connectivity index (χ4n) is 6.99. The van der Waals surface area contributed by atoms with Crippen LogP contribution in [-0.2, 0) is 19.1 Å². The molecule has 0 spiro atoms. The lowest BCUT2D eigenvalue weighted by molar-refractivity contribution is -0.215. The second-order valence-corrected chi connectivity index (χ2v) is 11.5. The van der Waals surface area contributed by atoms with E-state index in [4.69, 9.17) is 15.2 Å². The highest BCUT2D eigenvalue weighted by molar-refractivity contribution is 6.24. The normalized spacial score (nSPS) is 41.5. The molecule has 7 nitrogen and oxygen atoms in total. The summed E-state index contributed by atoms with van der Waals surface area (Å²) in [6.07, 6.45) is 7.23. The third-order valence-corrected chi connectivity index (χ3v) is 8.99. The molecule has 2 aliphatic heterocycles. The topological polar surface area (TPSA) is 111 Å². The van der Waals surface area contributed by atoms with E-state index in [1.165, 1.54) is 5.57 Å². The van der Waals surface area contributed by atoms with Gasteiger partial charge >= 0.3 is 0 Å². The van der Waals surface area contributed by atoms with Gasteiger partial charge in [-0.15, -0.1) is 0 Å². The molecule has 34 heavy (non-hydrogen) atoms. The van der Waals surface area contributed by atoms with Crippen LogP contribution in [0.25, 0.3) is 0 Å². The van der Waals surface area contributed by atoms with Crippen molar-refractivity contribution in [3.63, 3.8) is 0 Å². The number of aliphatic hydroxyl groups is 1. The number of carbonyl (C=O) groups is 2. The Bertz CT molecular complexity index is 882. The first-order valence-corrected chi connectivity index (χ1v) is 13.0. The molecule has 0 aromatic rings. The van der Waals surface area contributed by atoms with Crippen LogP contribution in [0.5, 0.6) is 0 Å². The predicted octanol–water partition coefficient (Wildman–Crippen LogP) is 3.78. The van der Waals surface area contributed by atoms with Gasteiger partial charge in [0.1, 0.15) is 5.57 Å². The van der Waals surface area contributed by atoms with Crippen LogP contribution in [0.15, 0.2) is 23.1 Å². The Morgan fingerprint density at radius 1 is 1.32 bits per heavy atom. The van der Waals surface area contributed by atoms with Crippen LogP contribution in [0.2, 0.25) is 0 Å². The van der Waals surface area contributed by atoms with Crippen molar-refractivity contribution in [2.45, 2.75) is 97.7 Å². The van der Waals surface area contributed by atoms with E-state index in [1.807, 2.05) is 20.8 Å². The summed E-state index contributed by atoms with van der Waals surface area (Å²) in [6.45, 7) is 10.4. The number of Topliss-reactive ketones (excluding diaryl/α,β-unsaturated/α-hetero) is 2. The predicted molar refractivity (Wildman–Crippen MR) is 130 cm³/mol. The number of aliphatic hydroxyl groups excluding tert-OH is 1. The Morgan fingerprint density at radius 2 is 2.06 bits per heavy atom. The maximum Gasteiger partial charge on any atom is 0.199 e.